The molecule has 0 spiro atoms. The highest BCUT2D eigenvalue weighted by molar-refractivity contribution is 6.06. The van der Waals surface area contributed by atoms with Gasteiger partial charge in [-0.15, -0.1) is 0 Å². The van der Waals surface area contributed by atoms with Gasteiger partial charge in [-0.05, 0) is 60.3 Å². The molecule has 0 aromatic heterocycles. The van der Waals surface area contributed by atoms with E-state index in [-0.39, 0.29) is 12.3 Å². The summed E-state index contributed by atoms with van der Waals surface area (Å²) in [4.78, 5) is 65.0. The number of rotatable bonds is 5. The highest BCUT2D eigenvalue weighted by Crippen LogP contribution is 2.28. The Labute approximate surface area is 207 Å². The maximum atomic E-state index is 13.3. The van der Waals surface area contributed by atoms with Crippen LogP contribution in [-0.4, -0.2) is 59.7 Å². The van der Waals surface area contributed by atoms with Crippen molar-refractivity contribution in [3.63, 3.8) is 0 Å². The van der Waals surface area contributed by atoms with Crippen LogP contribution in [0, 0.1) is 17.3 Å². The molecular weight excluding hydrogens is 458 g/mol. The fourth-order valence-corrected chi connectivity index (χ4v) is 3.34. The van der Waals surface area contributed by atoms with E-state index in [2.05, 4.69) is 5.32 Å². The van der Waals surface area contributed by atoms with E-state index in [1.807, 2.05) is 20.8 Å². The quantitative estimate of drug-likeness (QED) is 0.343. The summed E-state index contributed by atoms with van der Waals surface area (Å²) >= 11 is 0. The molecule has 1 rings (SSSR count). The molecule has 200 valence electrons. The van der Waals surface area contributed by atoms with Gasteiger partial charge in [-0.2, -0.15) is 0 Å². The SMILES string of the molecule is CC[C@H](C)[C@@H]1OC(=O)[C@@H](NC(=O)OC(C)(C)C)[C@@H](C)OC(=O)C(C)(C)C(=O)[C@H](CC(C)C)OC1=O. The van der Waals surface area contributed by atoms with Crippen molar-refractivity contribution in [2.24, 2.45) is 17.3 Å². The number of esters is 3. The molecule has 1 heterocycles. The lowest BCUT2D eigenvalue weighted by Gasteiger charge is -2.33. The number of carbonyl (C=O) groups excluding carboxylic acids is 5. The third kappa shape index (κ3) is 8.50. The van der Waals surface area contributed by atoms with Gasteiger partial charge in [0.15, 0.2) is 17.9 Å². The van der Waals surface area contributed by atoms with Gasteiger partial charge in [0.25, 0.3) is 0 Å². The summed E-state index contributed by atoms with van der Waals surface area (Å²) in [5.74, 6) is -3.91. The molecular formula is C25H41NO9. The third-order valence-electron chi connectivity index (χ3n) is 5.69. The smallest absolute Gasteiger partial charge is 0.408 e. The van der Waals surface area contributed by atoms with Crippen LogP contribution in [0.5, 0.6) is 0 Å². The molecule has 0 aromatic carbocycles. The molecule has 0 unspecified atom stereocenters. The van der Waals surface area contributed by atoms with Crippen molar-refractivity contribution in [2.45, 2.75) is 112 Å². The number of amides is 1. The molecule has 0 saturated carbocycles. The lowest BCUT2D eigenvalue weighted by molar-refractivity contribution is -0.186. The zero-order chi connectivity index (χ0) is 27.3. The summed E-state index contributed by atoms with van der Waals surface area (Å²) in [6.45, 7) is 16.3. The van der Waals surface area contributed by atoms with Crippen LogP contribution < -0.4 is 5.32 Å². The number of Topliss-reactive ketones (excluding diaryl/α,β-unsaturated/α-hetero) is 1. The summed E-state index contributed by atoms with van der Waals surface area (Å²) < 4.78 is 21.7. The van der Waals surface area contributed by atoms with E-state index in [4.69, 9.17) is 18.9 Å². The van der Waals surface area contributed by atoms with Crippen LogP contribution in [0.15, 0.2) is 0 Å². The second kappa shape index (κ2) is 11.9. The summed E-state index contributed by atoms with van der Waals surface area (Å²) in [5.41, 5.74) is -2.54. The van der Waals surface area contributed by atoms with Crippen molar-refractivity contribution >= 4 is 29.8 Å². The number of ketones is 1. The van der Waals surface area contributed by atoms with Crippen molar-refractivity contribution in [3.8, 4) is 0 Å². The van der Waals surface area contributed by atoms with Gasteiger partial charge < -0.3 is 24.3 Å². The molecule has 1 N–H and O–H groups in total. The number of nitrogens with one attached hydrogen (secondary N) is 1. The third-order valence-corrected chi connectivity index (χ3v) is 5.69. The summed E-state index contributed by atoms with van der Waals surface area (Å²) in [6, 6.07) is -1.50. The first kappa shape index (κ1) is 30.4. The van der Waals surface area contributed by atoms with Gasteiger partial charge in [0.2, 0.25) is 6.10 Å². The van der Waals surface area contributed by atoms with E-state index < -0.39 is 71.1 Å². The van der Waals surface area contributed by atoms with Crippen LogP contribution in [0.2, 0.25) is 0 Å². The number of ether oxygens (including phenoxy) is 4. The number of cyclic esters (lactones) is 3. The topological polar surface area (TPSA) is 134 Å². The van der Waals surface area contributed by atoms with Crippen LogP contribution >= 0.6 is 0 Å². The summed E-state index contributed by atoms with van der Waals surface area (Å²) in [7, 11) is 0. The Kier molecular flexibility index (Phi) is 10.3. The Morgan fingerprint density at radius 1 is 1.03 bits per heavy atom. The summed E-state index contributed by atoms with van der Waals surface area (Å²) in [5, 5.41) is 2.36. The van der Waals surface area contributed by atoms with Crippen LogP contribution in [0.1, 0.15) is 82.1 Å². The van der Waals surface area contributed by atoms with Crippen LogP contribution in [0.3, 0.4) is 0 Å². The minimum absolute atomic E-state index is 0.0255. The average molecular weight is 500 g/mol. The van der Waals surface area contributed by atoms with Crippen molar-refractivity contribution in [2.75, 3.05) is 0 Å². The molecule has 0 radical (unpaired) electrons. The number of alkyl carbamates (subject to hydrolysis) is 1. The molecule has 1 saturated heterocycles. The van der Waals surface area contributed by atoms with E-state index in [1.54, 1.807) is 27.7 Å². The van der Waals surface area contributed by atoms with Crippen molar-refractivity contribution < 1.29 is 42.9 Å². The Hall–Kier alpha value is -2.65. The Bertz CT molecular complexity index is 812. The van der Waals surface area contributed by atoms with Crippen molar-refractivity contribution in [1.82, 2.24) is 5.32 Å². The second-order valence-corrected chi connectivity index (χ2v) is 11.0. The fourth-order valence-electron chi connectivity index (χ4n) is 3.34. The molecule has 5 atom stereocenters. The zero-order valence-electron chi connectivity index (χ0n) is 22.6. The van der Waals surface area contributed by atoms with Crippen LogP contribution in [0.4, 0.5) is 4.79 Å². The monoisotopic (exact) mass is 499 g/mol. The molecule has 0 aromatic rings. The second-order valence-electron chi connectivity index (χ2n) is 11.0. The van der Waals surface area contributed by atoms with E-state index in [0.717, 1.165) is 0 Å². The predicted molar refractivity (Wildman–Crippen MR) is 126 cm³/mol. The minimum Gasteiger partial charge on any atom is -0.459 e. The number of hydrogen-bond donors (Lipinski definition) is 1. The lowest BCUT2D eigenvalue weighted by Crippen LogP contribution is -2.55. The predicted octanol–water partition coefficient (Wildman–Crippen LogP) is 3.34. The van der Waals surface area contributed by atoms with E-state index >= 15 is 0 Å². The largest absolute Gasteiger partial charge is 0.459 e. The Balaban J connectivity index is 3.48. The Morgan fingerprint density at radius 2 is 1.60 bits per heavy atom. The highest BCUT2D eigenvalue weighted by Gasteiger charge is 2.47. The standard InChI is InChI=1S/C25H41NO9/c1-11-14(4)18-21(29)33-16(12-13(2)3)19(27)25(9,10)22(30)32-15(5)17(20(28)34-18)26-23(31)35-24(6,7)8/h13-18H,11-12H2,1-10H3,(H,26,31)/t14-,15+,16-,17-,18-/m0/s1. The average Bonchev–Trinajstić information content (AvgIpc) is 2.71. The van der Waals surface area contributed by atoms with Gasteiger partial charge in [0.05, 0.1) is 0 Å². The first-order valence-corrected chi connectivity index (χ1v) is 12.1. The molecule has 10 heteroatoms. The van der Waals surface area contributed by atoms with Gasteiger partial charge >= 0.3 is 24.0 Å². The lowest BCUT2D eigenvalue weighted by atomic mass is 9.82. The van der Waals surface area contributed by atoms with Gasteiger partial charge in [0.1, 0.15) is 17.1 Å². The Morgan fingerprint density at radius 3 is 2.09 bits per heavy atom. The van der Waals surface area contributed by atoms with Crippen molar-refractivity contribution in [1.29, 1.82) is 0 Å². The van der Waals surface area contributed by atoms with Gasteiger partial charge in [-0.25, -0.2) is 14.4 Å². The maximum Gasteiger partial charge on any atom is 0.408 e. The molecule has 1 aliphatic heterocycles. The molecule has 1 amide bonds. The number of hydrogen-bond acceptors (Lipinski definition) is 9. The van der Waals surface area contributed by atoms with E-state index in [1.165, 1.54) is 20.8 Å². The minimum atomic E-state index is -1.68. The maximum absolute atomic E-state index is 13.3. The normalized spacial score (nSPS) is 27.1. The molecule has 0 bridgehead atoms. The van der Waals surface area contributed by atoms with Gasteiger partial charge in [-0.3, -0.25) is 9.59 Å². The highest BCUT2D eigenvalue weighted by atomic mass is 16.6. The summed E-state index contributed by atoms with van der Waals surface area (Å²) in [6.07, 6.45) is -4.07. The zero-order valence-corrected chi connectivity index (χ0v) is 22.6. The first-order valence-electron chi connectivity index (χ1n) is 12.1. The van der Waals surface area contributed by atoms with Crippen molar-refractivity contribution in [3.05, 3.63) is 0 Å². The molecule has 10 nitrogen and oxygen atoms in total. The van der Waals surface area contributed by atoms with Gasteiger partial charge in [-0.1, -0.05) is 27.7 Å². The van der Waals surface area contributed by atoms with E-state index in [9.17, 15) is 24.0 Å². The molecule has 35 heavy (non-hydrogen) atoms. The molecule has 1 fully saturated rings. The number of carbonyl (C=O) groups is 5. The molecule has 1 aliphatic rings. The van der Waals surface area contributed by atoms with Gasteiger partial charge in [0, 0.05) is 5.92 Å². The van der Waals surface area contributed by atoms with E-state index in [0.29, 0.717) is 6.42 Å². The van der Waals surface area contributed by atoms with Crippen LogP contribution in [0.25, 0.3) is 0 Å². The molecule has 0 aliphatic carbocycles. The fraction of sp³-hybridized carbons (Fsp3) is 0.800. The first-order chi connectivity index (χ1) is 15.9. The van der Waals surface area contributed by atoms with Crippen LogP contribution in [-0.2, 0) is 38.1 Å².